The van der Waals surface area contributed by atoms with Gasteiger partial charge in [0.15, 0.2) is 0 Å². The summed E-state index contributed by atoms with van der Waals surface area (Å²) in [6, 6.07) is 11.4. The molecule has 5 nitrogen and oxygen atoms in total. The zero-order valence-corrected chi connectivity index (χ0v) is 16.8. The van der Waals surface area contributed by atoms with E-state index < -0.39 is 22.5 Å². The van der Waals surface area contributed by atoms with Gasteiger partial charge in [0.05, 0.1) is 16.7 Å². The number of carbonyl (C=O) groups excluding carboxylic acids is 1. The SMILES string of the molecule is Cc1ccc(S(=O)(=O)N(CC(=O)OC(C)C)c2cccc(Cl)c2C)cc1. The molecule has 0 spiro atoms. The first kappa shape index (κ1) is 20.3. The van der Waals surface area contributed by atoms with Crippen LogP contribution in [0.2, 0.25) is 5.02 Å². The zero-order valence-electron chi connectivity index (χ0n) is 15.2. The van der Waals surface area contributed by atoms with Gasteiger partial charge in [-0.15, -0.1) is 0 Å². The van der Waals surface area contributed by atoms with Gasteiger partial charge in [0.2, 0.25) is 0 Å². The molecule has 2 aromatic rings. The molecule has 0 aromatic heterocycles. The molecule has 0 aliphatic rings. The lowest BCUT2D eigenvalue weighted by atomic mass is 10.2. The molecule has 0 saturated carbocycles. The Morgan fingerprint density at radius 1 is 1.12 bits per heavy atom. The van der Waals surface area contributed by atoms with Crippen molar-refractivity contribution in [2.24, 2.45) is 0 Å². The summed E-state index contributed by atoms with van der Waals surface area (Å²) in [7, 11) is -3.97. The number of halogens is 1. The lowest BCUT2D eigenvalue weighted by Crippen LogP contribution is -2.37. The van der Waals surface area contributed by atoms with Gasteiger partial charge in [-0.05, 0) is 57.5 Å². The molecule has 0 N–H and O–H groups in total. The molecular formula is C19H22ClNO4S. The number of benzene rings is 2. The van der Waals surface area contributed by atoms with E-state index in [0.29, 0.717) is 16.3 Å². The molecule has 7 heteroatoms. The Bertz CT molecular complexity index is 892. The fraction of sp³-hybridized carbons (Fsp3) is 0.316. The van der Waals surface area contributed by atoms with Crippen molar-refractivity contribution in [3.63, 3.8) is 0 Å². The molecule has 0 heterocycles. The molecular weight excluding hydrogens is 374 g/mol. The van der Waals surface area contributed by atoms with E-state index in [9.17, 15) is 13.2 Å². The predicted molar refractivity (Wildman–Crippen MR) is 103 cm³/mol. The average Bonchev–Trinajstić information content (AvgIpc) is 2.55. The molecule has 26 heavy (non-hydrogen) atoms. The fourth-order valence-corrected chi connectivity index (χ4v) is 4.06. The monoisotopic (exact) mass is 395 g/mol. The second-order valence-corrected chi connectivity index (χ2v) is 8.52. The molecule has 0 aliphatic carbocycles. The van der Waals surface area contributed by atoms with Crippen molar-refractivity contribution in [1.29, 1.82) is 0 Å². The summed E-state index contributed by atoms with van der Waals surface area (Å²) in [5.74, 6) is -0.630. The van der Waals surface area contributed by atoms with E-state index in [2.05, 4.69) is 0 Å². The van der Waals surface area contributed by atoms with Gasteiger partial charge in [-0.3, -0.25) is 9.10 Å². The van der Waals surface area contributed by atoms with E-state index in [4.69, 9.17) is 16.3 Å². The number of rotatable bonds is 6. The minimum Gasteiger partial charge on any atom is -0.462 e. The van der Waals surface area contributed by atoms with Crippen molar-refractivity contribution in [1.82, 2.24) is 0 Å². The highest BCUT2D eigenvalue weighted by atomic mass is 35.5. The Labute approximate surface area is 159 Å². The van der Waals surface area contributed by atoms with E-state index in [0.717, 1.165) is 9.87 Å². The molecule has 2 aromatic carbocycles. The molecule has 0 aliphatic heterocycles. The number of hydrogen-bond acceptors (Lipinski definition) is 4. The van der Waals surface area contributed by atoms with Crippen LogP contribution in [-0.2, 0) is 19.6 Å². The van der Waals surface area contributed by atoms with Crippen LogP contribution >= 0.6 is 11.6 Å². The van der Waals surface area contributed by atoms with Crippen LogP contribution in [0.5, 0.6) is 0 Å². The van der Waals surface area contributed by atoms with Gasteiger partial charge < -0.3 is 4.74 Å². The number of carbonyl (C=O) groups is 1. The number of esters is 1. The molecule has 140 valence electrons. The van der Waals surface area contributed by atoms with Crippen LogP contribution in [-0.4, -0.2) is 27.0 Å². The minimum absolute atomic E-state index is 0.0971. The van der Waals surface area contributed by atoms with E-state index >= 15 is 0 Å². The summed E-state index contributed by atoms with van der Waals surface area (Å²) in [4.78, 5) is 12.3. The standard InChI is InChI=1S/C19H22ClNO4S/c1-13(2)25-19(22)12-21(18-7-5-6-17(20)15(18)4)26(23,24)16-10-8-14(3)9-11-16/h5-11,13H,12H2,1-4H3. The lowest BCUT2D eigenvalue weighted by Gasteiger charge is -2.26. The number of sulfonamides is 1. The van der Waals surface area contributed by atoms with Crippen molar-refractivity contribution in [3.8, 4) is 0 Å². The van der Waals surface area contributed by atoms with Gasteiger partial charge in [0, 0.05) is 5.02 Å². The maximum Gasteiger partial charge on any atom is 0.327 e. The number of nitrogens with zero attached hydrogens (tertiary/aromatic N) is 1. The Balaban J connectivity index is 2.54. The summed E-state index contributed by atoms with van der Waals surface area (Å²) in [6.07, 6.45) is -0.341. The highest BCUT2D eigenvalue weighted by molar-refractivity contribution is 7.92. The van der Waals surface area contributed by atoms with E-state index in [1.54, 1.807) is 51.1 Å². The van der Waals surface area contributed by atoms with E-state index in [-0.39, 0.29) is 11.0 Å². The highest BCUT2D eigenvalue weighted by Gasteiger charge is 2.29. The van der Waals surface area contributed by atoms with Gasteiger partial charge in [-0.1, -0.05) is 35.4 Å². The molecule has 0 bridgehead atoms. The van der Waals surface area contributed by atoms with Gasteiger partial charge in [0.25, 0.3) is 10.0 Å². The van der Waals surface area contributed by atoms with Crippen LogP contribution in [0.15, 0.2) is 47.4 Å². The minimum atomic E-state index is -3.97. The first-order chi connectivity index (χ1) is 12.1. The summed E-state index contributed by atoms with van der Waals surface area (Å²) in [5.41, 5.74) is 1.86. The van der Waals surface area contributed by atoms with Crippen LogP contribution in [0.4, 0.5) is 5.69 Å². The van der Waals surface area contributed by atoms with Gasteiger partial charge >= 0.3 is 5.97 Å². The highest BCUT2D eigenvalue weighted by Crippen LogP contribution is 2.31. The zero-order chi connectivity index (χ0) is 19.5. The van der Waals surface area contributed by atoms with Crippen LogP contribution in [0.25, 0.3) is 0 Å². The van der Waals surface area contributed by atoms with Crippen molar-refractivity contribution >= 4 is 33.3 Å². The Hall–Kier alpha value is -2.05. The third kappa shape index (κ3) is 4.56. The van der Waals surface area contributed by atoms with Gasteiger partial charge in [0.1, 0.15) is 6.54 Å². The largest absolute Gasteiger partial charge is 0.462 e. The molecule has 0 unspecified atom stereocenters. The summed E-state index contributed by atoms with van der Waals surface area (Å²) in [6.45, 7) is 6.57. The third-order valence-corrected chi connectivity index (χ3v) is 5.94. The lowest BCUT2D eigenvalue weighted by molar-refractivity contribution is -0.145. The van der Waals surface area contributed by atoms with Crippen molar-refractivity contribution < 1.29 is 17.9 Å². The first-order valence-electron chi connectivity index (χ1n) is 8.17. The average molecular weight is 396 g/mol. The number of hydrogen-bond donors (Lipinski definition) is 0. The molecule has 0 fully saturated rings. The van der Waals surface area contributed by atoms with Crippen molar-refractivity contribution in [2.45, 2.75) is 38.7 Å². The second-order valence-electron chi connectivity index (χ2n) is 6.25. The Morgan fingerprint density at radius 2 is 1.73 bits per heavy atom. The Kier molecular flexibility index (Phi) is 6.31. The maximum absolute atomic E-state index is 13.2. The predicted octanol–water partition coefficient (Wildman–Crippen LogP) is 4.10. The topological polar surface area (TPSA) is 63.7 Å². The van der Waals surface area contributed by atoms with Gasteiger partial charge in [-0.2, -0.15) is 0 Å². The smallest absolute Gasteiger partial charge is 0.327 e. The van der Waals surface area contributed by atoms with Crippen molar-refractivity contribution in [2.75, 3.05) is 10.8 Å². The number of anilines is 1. The third-order valence-electron chi connectivity index (χ3n) is 3.76. The van der Waals surface area contributed by atoms with Gasteiger partial charge in [-0.25, -0.2) is 8.42 Å². The number of ether oxygens (including phenoxy) is 1. The Morgan fingerprint density at radius 3 is 2.31 bits per heavy atom. The van der Waals surface area contributed by atoms with Crippen molar-refractivity contribution in [3.05, 3.63) is 58.6 Å². The first-order valence-corrected chi connectivity index (χ1v) is 9.98. The van der Waals surface area contributed by atoms with Crippen LogP contribution in [0.1, 0.15) is 25.0 Å². The summed E-state index contributed by atoms with van der Waals surface area (Å²) >= 11 is 6.16. The molecule has 0 radical (unpaired) electrons. The summed E-state index contributed by atoms with van der Waals surface area (Å²) in [5, 5.41) is 0.420. The molecule has 0 amide bonds. The second kappa shape index (κ2) is 8.10. The van der Waals surface area contributed by atoms with E-state index in [1.807, 2.05) is 6.92 Å². The number of aryl methyl sites for hydroxylation is 1. The maximum atomic E-state index is 13.2. The van der Waals surface area contributed by atoms with Crippen LogP contribution in [0.3, 0.4) is 0 Å². The molecule has 2 rings (SSSR count). The van der Waals surface area contributed by atoms with E-state index in [1.165, 1.54) is 12.1 Å². The van der Waals surface area contributed by atoms with Crippen LogP contribution in [0, 0.1) is 13.8 Å². The fourth-order valence-electron chi connectivity index (χ4n) is 2.42. The summed E-state index contributed by atoms with van der Waals surface area (Å²) < 4.78 is 32.6. The van der Waals surface area contributed by atoms with Crippen LogP contribution < -0.4 is 4.31 Å². The molecule has 0 saturated heterocycles. The normalized spacial score (nSPS) is 11.5. The molecule has 0 atom stereocenters. The quantitative estimate of drug-likeness (QED) is 0.690.